The number of amides is 1. The Morgan fingerprint density at radius 2 is 1.80 bits per heavy atom. The summed E-state index contributed by atoms with van der Waals surface area (Å²) in [4.78, 5) is 12.3. The van der Waals surface area contributed by atoms with Crippen molar-refractivity contribution in [3.05, 3.63) is 63.6 Å². The van der Waals surface area contributed by atoms with E-state index in [1.165, 1.54) is 0 Å². The third kappa shape index (κ3) is 6.14. The highest BCUT2D eigenvalue weighted by Crippen LogP contribution is 2.28. The Labute approximate surface area is 163 Å². The van der Waals surface area contributed by atoms with Gasteiger partial charge in [-0.1, -0.05) is 41.4 Å². The molecule has 0 radical (unpaired) electrons. The van der Waals surface area contributed by atoms with Gasteiger partial charge in [-0.05, 0) is 43.7 Å². The number of benzene rings is 2. The normalized spacial score (nSPS) is 10.8. The van der Waals surface area contributed by atoms with Gasteiger partial charge in [-0.2, -0.15) is 11.8 Å². The first kappa shape index (κ1) is 20.0. The van der Waals surface area contributed by atoms with E-state index in [0.29, 0.717) is 33.7 Å². The number of nitrogens with one attached hydrogen (secondary N) is 1. The van der Waals surface area contributed by atoms with Gasteiger partial charge in [0.15, 0.2) is 0 Å². The van der Waals surface area contributed by atoms with Crippen molar-refractivity contribution in [2.24, 2.45) is 0 Å². The van der Waals surface area contributed by atoms with Crippen LogP contribution in [0.3, 0.4) is 0 Å². The quantitative estimate of drug-likeness (QED) is 0.602. The van der Waals surface area contributed by atoms with Crippen LogP contribution in [0, 0.1) is 0 Å². The molecule has 134 valence electrons. The number of para-hydroxylation sites is 1. The van der Waals surface area contributed by atoms with Crippen molar-refractivity contribution in [1.29, 1.82) is 0 Å². The second-order valence-electron chi connectivity index (χ2n) is 5.67. The minimum Gasteiger partial charge on any atom is -0.490 e. The van der Waals surface area contributed by atoms with E-state index in [-0.39, 0.29) is 12.0 Å². The van der Waals surface area contributed by atoms with Crippen molar-refractivity contribution in [2.75, 3.05) is 12.3 Å². The number of hydrogen-bond donors (Lipinski definition) is 1. The molecular formula is C19H21Cl2NO2S. The van der Waals surface area contributed by atoms with E-state index in [0.717, 1.165) is 11.3 Å². The molecule has 0 spiro atoms. The Kier molecular flexibility index (Phi) is 7.94. The molecule has 2 aromatic rings. The highest BCUT2D eigenvalue weighted by molar-refractivity contribution is 7.98. The van der Waals surface area contributed by atoms with Gasteiger partial charge in [-0.15, -0.1) is 0 Å². The molecule has 0 aliphatic heterocycles. The number of carbonyl (C=O) groups is 1. The molecule has 2 rings (SSSR count). The van der Waals surface area contributed by atoms with Crippen molar-refractivity contribution >= 4 is 40.9 Å². The molecule has 1 N–H and O–H groups in total. The molecule has 0 aromatic heterocycles. The highest BCUT2D eigenvalue weighted by atomic mass is 35.5. The van der Waals surface area contributed by atoms with E-state index < -0.39 is 0 Å². The number of rotatable bonds is 8. The van der Waals surface area contributed by atoms with E-state index in [4.69, 9.17) is 27.9 Å². The smallest absolute Gasteiger partial charge is 0.255 e. The van der Waals surface area contributed by atoms with Crippen LogP contribution in [0.15, 0.2) is 42.5 Å². The van der Waals surface area contributed by atoms with Crippen LogP contribution in [0.2, 0.25) is 10.0 Å². The molecule has 3 nitrogen and oxygen atoms in total. The summed E-state index contributed by atoms with van der Waals surface area (Å²) in [5.74, 6) is 1.94. The summed E-state index contributed by atoms with van der Waals surface area (Å²) in [5, 5.41) is 4.26. The fourth-order valence-corrected chi connectivity index (χ4v) is 3.78. The first-order valence-corrected chi connectivity index (χ1v) is 9.94. The van der Waals surface area contributed by atoms with Crippen LogP contribution in [-0.2, 0) is 5.75 Å². The molecule has 0 bridgehead atoms. The Balaban J connectivity index is 1.81. The van der Waals surface area contributed by atoms with Gasteiger partial charge in [0.25, 0.3) is 5.91 Å². The molecule has 0 unspecified atom stereocenters. The summed E-state index contributed by atoms with van der Waals surface area (Å²) in [6.45, 7) is 4.43. The van der Waals surface area contributed by atoms with Crippen LogP contribution in [0.4, 0.5) is 0 Å². The Hall–Kier alpha value is -1.36. The maximum Gasteiger partial charge on any atom is 0.255 e. The summed E-state index contributed by atoms with van der Waals surface area (Å²) in [6, 6.07) is 12.8. The summed E-state index contributed by atoms with van der Waals surface area (Å²) in [7, 11) is 0. The largest absolute Gasteiger partial charge is 0.490 e. The number of ether oxygens (including phenoxy) is 1. The van der Waals surface area contributed by atoms with E-state index in [2.05, 4.69) is 5.32 Å². The summed E-state index contributed by atoms with van der Waals surface area (Å²) in [5.41, 5.74) is 1.48. The van der Waals surface area contributed by atoms with E-state index >= 15 is 0 Å². The van der Waals surface area contributed by atoms with Gasteiger partial charge >= 0.3 is 0 Å². The zero-order valence-corrected chi connectivity index (χ0v) is 16.5. The lowest BCUT2D eigenvalue weighted by Crippen LogP contribution is -2.26. The molecule has 2 aromatic carbocycles. The van der Waals surface area contributed by atoms with Crippen molar-refractivity contribution < 1.29 is 9.53 Å². The third-order valence-electron chi connectivity index (χ3n) is 3.33. The summed E-state index contributed by atoms with van der Waals surface area (Å²) < 4.78 is 5.68. The monoisotopic (exact) mass is 397 g/mol. The molecule has 25 heavy (non-hydrogen) atoms. The minimum atomic E-state index is -0.132. The second-order valence-corrected chi connectivity index (χ2v) is 7.59. The second kappa shape index (κ2) is 9.95. The van der Waals surface area contributed by atoms with Crippen LogP contribution in [0.25, 0.3) is 0 Å². The predicted octanol–water partition coefficient (Wildman–Crippen LogP) is 5.44. The van der Waals surface area contributed by atoms with Crippen molar-refractivity contribution in [2.45, 2.75) is 25.7 Å². The van der Waals surface area contributed by atoms with Crippen molar-refractivity contribution in [3.8, 4) is 5.75 Å². The molecule has 0 heterocycles. The number of hydrogen-bond acceptors (Lipinski definition) is 3. The molecule has 0 aliphatic rings. The van der Waals surface area contributed by atoms with Crippen molar-refractivity contribution in [3.63, 3.8) is 0 Å². The van der Waals surface area contributed by atoms with Gasteiger partial charge in [0.1, 0.15) is 5.75 Å². The lowest BCUT2D eigenvalue weighted by Gasteiger charge is -2.14. The lowest BCUT2D eigenvalue weighted by molar-refractivity contribution is 0.0950. The van der Waals surface area contributed by atoms with Gasteiger partial charge in [-0.3, -0.25) is 4.79 Å². The fraction of sp³-hybridized carbons (Fsp3) is 0.316. The SMILES string of the molecule is CC(C)Oc1ccccc1C(=O)NCCSCc1c(Cl)cccc1Cl. The van der Waals surface area contributed by atoms with Gasteiger partial charge in [0.2, 0.25) is 0 Å². The molecule has 6 heteroatoms. The first-order chi connectivity index (χ1) is 12.0. The topological polar surface area (TPSA) is 38.3 Å². The number of thioether (sulfide) groups is 1. The van der Waals surface area contributed by atoms with Crippen LogP contribution >= 0.6 is 35.0 Å². The maximum atomic E-state index is 12.3. The Bertz CT molecular complexity index is 702. The van der Waals surface area contributed by atoms with Crippen LogP contribution in [-0.4, -0.2) is 24.3 Å². The minimum absolute atomic E-state index is 0.0184. The lowest BCUT2D eigenvalue weighted by atomic mass is 10.2. The molecule has 0 aliphatic carbocycles. The number of halogens is 2. The van der Waals surface area contributed by atoms with E-state index in [1.807, 2.05) is 50.2 Å². The molecule has 0 saturated heterocycles. The average molecular weight is 398 g/mol. The average Bonchev–Trinajstić information content (AvgIpc) is 2.56. The zero-order chi connectivity index (χ0) is 18.2. The van der Waals surface area contributed by atoms with Gasteiger partial charge < -0.3 is 10.1 Å². The van der Waals surface area contributed by atoms with E-state index in [1.54, 1.807) is 17.8 Å². The zero-order valence-electron chi connectivity index (χ0n) is 14.2. The third-order valence-corrected chi connectivity index (χ3v) is 5.03. The standard InChI is InChI=1S/C19H21Cl2NO2S/c1-13(2)24-18-9-4-3-6-14(18)19(23)22-10-11-25-12-15-16(20)7-5-8-17(15)21/h3-9,13H,10-12H2,1-2H3,(H,22,23). The molecule has 0 fully saturated rings. The molecule has 0 atom stereocenters. The predicted molar refractivity (Wildman–Crippen MR) is 107 cm³/mol. The highest BCUT2D eigenvalue weighted by Gasteiger charge is 2.12. The maximum absolute atomic E-state index is 12.3. The van der Waals surface area contributed by atoms with Crippen LogP contribution in [0.5, 0.6) is 5.75 Å². The molecule has 0 saturated carbocycles. The first-order valence-electron chi connectivity index (χ1n) is 8.03. The van der Waals surface area contributed by atoms with E-state index in [9.17, 15) is 4.79 Å². The van der Waals surface area contributed by atoms with Crippen molar-refractivity contribution in [1.82, 2.24) is 5.32 Å². The molecule has 1 amide bonds. The summed E-state index contributed by atoms with van der Waals surface area (Å²) in [6.07, 6.45) is 0.0184. The fourth-order valence-electron chi connectivity index (χ4n) is 2.19. The van der Waals surface area contributed by atoms with Gasteiger partial charge in [0, 0.05) is 28.1 Å². The Morgan fingerprint density at radius 1 is 1.12 bits per heavy atom. The molecular weight excluding hydrogens is 377 g/mol. The summed E-state index contributed by atoms with van der Waals surface area (Å²) >= 11 is 14.0. The van der Waals surface area contributed by atoms with Gasteiger partial charge in [0.05, 0.1) is 11.7 Å². The van der Waals surface area contributed by atoms with Crippen LogP contribution in [0.1, 0.15) is 29.8 Å². The van der Waals surface area contributed by atoms with Crippen LogP contribution < -0.4 is 10.1 Å². The van der Waals surface area contributed by atoms with Gasteiger partial charge in [-0.25, -0.2) is 0 Å². The Morgan fingerprint density at radius 3 is 2.48 bits per heavy atom. The number of carbonyl (C=O) groups excluding carboxylic acids is 1.